The SMILES string of the molecule is Cc1c(-c2ccc(-n3nccn3)cc2)ccn(CC[C@](C)(C(=O)NO)S(C)(=O)=O)c1=O. The van der Waals surface area contributed by atoms with E-state index in [2.05, 4.69) is 10.2 Å². The summed E-state index contributed by atoms with van der Waals surface area (Å²) < 4.78 is 23.7. The van der Waals surface area contributed by atoms with Gasteiger partial charge in [-0.2, -0.15) is 15.0 Å². The normalized spacial score (nSPS) is 13.5. The highest BCUT2D eigenvalue weighted by atomic mass is 32.2. The van der Waals surface area contributed by atoms with Gasteiger partial charge in [0.1, 0.15) is 0 Å². The predicted octanol–water partition coefficient (Wildman–Crippen LogP) is 1.10. The van der Waals surface area contributed by atoms with Crippen molar-refractivity contribution in [3.05, 3.63) is 64.8 Å². The summed E-state index contributed by atoms with van der Waals surface area (Å²) in [5, 5.41) is 17.1. The van der Waals surface area contributed by atoms with Gasteiger partial charge in [-0.25, -0.2) is 13.9 Å². The van der Waals surface area contributed by atoms with E-state index in [1.54, 1.807) is 31.6 Å². The Bertz CT molecular complexity index is 1250. The van der Waals surface area contributed by atoms with E-state index >= 15 is 0 Å². The first-order chi connectivity index (χ1) is 14.6. The Kier molecular flexibility index (Phi) is 6.09. The average molecular weight is 446 g/mol. The third-order valence-corrected chi connectivity index (χ3v) is 7.49. The lowest BCUT2D eigenvalue weighted by Gasteiger charge is -2.25. The third kappa shape index (κ3) is 4.28. The molecule has 0 aliphatic heterocycles. The summed E-state index contributed by atoms with van der Waals surface area (Å²) >= 11 is 0. The molecule has 31 heavy (non-hydrogen) atoms. The summed E-state index contributed by atoms with van der Waals surface area (Å²) in [7, 11) is -3.84. The number of sulfone groups is 1. The zero-order chi connectivity index (χ0) is 22.8. The standard InChI is InChI=1S/C20H23N5O5S/c1-14-17(15-4-6-16(7-5-15)25-21-10-11-22-25)8-12-24(18(14)26)13-9-20(2,19(27)23-28)31(3,29)30/h4-8,10-12,28H,9,13H2,1-3H3,(H,23,27)/t20-/m1/s1. The number of hydroxylamine groups is 1. The van der Waals surface area contributed by atoms with Crippen molar-refractivity contribution in [1.29, 1.82) is 0 Å². The van der Waals surface area contributed by atoms with Gasteiger partial charge in [-0.15, -0.1) is 0 Å². The molecule has 0 unspecified atom stereocenters. The zero-order valence-corrected chi connectivity index (χ0v) is 18.1. The Labute approximate surface area is 179 Å². The van der Waals surface area contributed by atoms with Crippen LogP contribution in [0.1, 0.15) is 18.9 Å². The predicted molar refractivity (Wildman–Crippen MR) is 114 cm³/mol. The van der Waals surface area contributed by atoms with Crippen LogP contribution < -0.4 is 11.0 Å². The molecule has 0 bridgehead atoms. The lowest BCUT2D eigenvalue weighted by atomic mass is 10.0. The summed E-state index contributed by atoms with van der Waals surface area (Å²) in [5.74, 6) is -1.04. The van der Waals surface area contributed by atoms with Crippen LogP contribution in [-0.2, 0) is 21.2 Å². The molecule has 1 amide bonds. The van der Waals surface area contributed by atoms with Crippen LogP contribution in [0.4, 0.5) is 0 Å². The summed E-state index contributed by atoms with van der Waals surface area (Å²) in [6.45, 7) is 2.89. The number of pyridine rings is 1. The Morgan fingerprint density at radius 3 is 2.32 bits per heavy atom. The van der Waals surface area contributed by atoms with Gasteiger partial charge in [0.2, 0.25) is 0 Å². The van der Waals surface area contributed by atoms with Crippen LogP contribution in [0.15, 0.2) is 53.7 Å². The van der Waals surface area contributed by atoms with Gasteiger partial charge < -0.3 is 4.57 Å². The Hall–Kier alpha value is -3.31. The molecule has 2 aromatic heterocycles. The summed E-state index contributed by atoms with van der Waals surface area (Å²) in [4.78, 5) is 26.3. The average Bonchev–Trinajstić information content (AvgIpc) is 3.28. The van der Waals surface area contributed by atoms with Crippen LogP contribution in [0.25, 0.3) is 16.8 Å². The molecule has 3 rings (SSSR count). The Balaban J connectivity index is 1.87. The molecule has 0 aliphatic rings. The minimum atomic E-state index is -3.84. The van der Waals surface area contributed by atoms with E-state index in [0.717, 1.165) is 23.1 Å². The second kappa shape index (κ2) is 8.44. The second-order valence-corrected chi connectivity index (χ2v) is 9.86. The fourth-order valence-electron chi connectivity index (χ4n) is 3.22. The third-order valence-electron chi connectivity index (χ3n) is 5.46. The van der Waals surface area contributed by atoms with Crippen molar-refractivity contribution in [1.82, 2.24) is 25.0 Å². The number of hydrogen-bond acceptors (Lipinski definition) is 7. The first kappa shape index (κ1) is 22.4. The van der Waals surface area contributed by atoms with Crippen molar-refractivity contribution in [2.24, 2.45) is 0 Å². The van der Waals surface area contributed by atoms with E-state index in [0.29, 0.717) is 5.56 Å². The Morgan fingerprint density at radius 2 is 1.77 bits per heavy atom. The van der Waals surface area contributed by atoms with Gasteiger partial charge in [0.25, 0.3) is 11.5 Å². The summed E-state index contributed by atoms with van der Waals surface area (Å²) in [5.41, 5.74) is 3.94. The molecule has 0 spiro atoms. The minimum absolute atomic E-state index is 0.0130. The number of carbonyl (C=O) groups excluding carboxylic acids is 1. The van der Waals surface area contributed by atoms with Gasteiger partial charge in [-0.05, 0) is 49.6 Å². The van der Waals surface area contributed by atoms with Crippen LogP contribution >= 0.6 is 0 Å². The lowest BCUT2D eigenvalue weighted by molar-refractivity contribution is -0.131. The molecule has 0 saturated carbocycles. The molecular weight excluding hydrogens is 422 g/mol. The molecule has 0 aliphatic carbocycles. The number of rotatable bonds is 7. The Morgan fingerprint density at radius 1 is 1.16 bits per heavy atom. The van der Waals surface area contributed by atoms with Crippen LogP contribution in [0.3, 0.4) is 0 Å². The number of benzene rings is 1. The topological polar surface area (TPSA) is 136 Å². The first-order valence-corrected chi connectivity index (χ1v) is 11.3. The number of hydrogen-bond donors (Lipinski definition) is 2. The van der Waals surface area contributed by atoms with Gasteiger partial charge in [0.05, 0.1) is 18.1 Å². The number of carbonyl (C=O) groups is 1. The molecule has 2 heterocycles. The molecule has 0 radical (unpaired) electrons. The molecule has 10 nitrogen and oxygen atoms in total. The van der Waals surface area contributed by atoms with Crippen LogP contribution in [0.5, 0.6) is 0 Å². The molecule has 164 valence electrons. The van der Waals surface area contributed by atoms with Crippen molar-refractivity contribution in [3.8, 4) is 16.8 Å². The molecule has 0 saturated heterocycles. The highest BCUT2D eigenvalue weighted by molar-refractivity contribution is 7.92. The fraction of sp³-hybridized carbons (Fsp3) is 0.300. The van der Waals surface area contributed by atoms with E-state index in [-0.39, 0.29) is 18.5 Å². The van der Waals surface area contributed by atoms with Crippen LogP contribution in [-0.4, -0.2) is 50.1 Å². The fourth-order valence-corrected chi connectivity index (χ4v) is 4.06. The van der Waals surface area contributed by atoms with Crippen molar-refractivity contribution < 1.29 is 18.4 Å². The maximum Gasteiger partial charge on any atom is 0.264 e. The van der Waals surface area contributed by atoms with E-state index in [1.807, 2.05) is 24.3 Å². The van der Waals surface area contributed by atoms with E-state index in [4.69, 9.17) is 5.21 Å². The first-order valence-electron chi connectivity index (χ1n) is 9.40. The van der Waals surface area contributed by atoms with E-state index < -0.39 is 20.5 Å². The minimum Gasteiger partial charge on any atom is -0.315 e. The van der Waals surface area contributed by atoms with Gasteiger partial charge in [0.15, 0.2) is 14.6 Å². The van der Waals surface area contributed by atoms with Crippen molar-refractivity contribution in [2.45, 2.75) is 31.6 Å². The summed E-state index contributed by atoms with van der Waals surface area (Å²) in [6, 6.07) is 9.16. The number of amides is 1. The molecule has 3 aromatic rings. The molecule has 11 heteroatoms. The van der Waals surface area contributed by atoms with Gasteiger partial charge >= 0.3 is 0 Å². The van der Waals surface area contributed by atoms with E-state index in [1.165, 1.54) is 21.8 Å². The molecular formula is C20H23N5O5S. The summed E-state index contributed by atoms with van der Waals surface area (Å²) in [6.07, 6.45) is 5.46. The number of aromatic nitrogens is 4. The largest absolute Gasteiger partial charge is 0.315 e. The number of aryl methyl sites for hydroxylation is 1. The van der Waals surface area contributed by atoms with Crippen LogP contribution in [0.2, 0.25) is 0 Å². The molecule has 2 N–H and O–H groups in total. The smallest absolute Gasteiger partial charge is 0.264 e. The van der Waals surface area contributed by atoms with Gasteiger partial charge in [-0.1, -0.05) is 12.1 Å². The highest BCUT2D eigenvalue weighted by Crippen LogP contribution is 2.24. The molecule has 1 aromatic carbocycles. The van der Waals surface area contributed by atoms with Crippen LogP contribution in [0, 0.1) is 6.92 Å². The zero-order valence-electron chi connectivity index (χ0n) is 17.3. The lowest BCUT2D eigenvalue weighted by Crippen LogP contribution is -2.50. The monoisotopic (exact) mass is 445 g/mol. The maximum absolute atomic E-state index is 12.9. The van der Waals surface area contributed by atoms with Crippen molar-refractivity contribution >= 4 is 15.7 Å². The molecule has 0 fully saturated rings. The van der Waals surface area contributed by atoms with E-state index in [9.17, 15) is 18.0 Å². The highest BCUT2D eigenvalue weighted by Gasteiger charge is 2.43. The molecule has 1 atom stereocenters. The quantitative estimate of drug-likeness (QED) is 0.410. The van der Waals surface area contributed by atoms with Crippen molar-refractivity contribution in [3.63, 3.8) is 0 Å². The number of nitrogens with zero attached hydrogens (tertiary/aromatic N) is 4. The van der Waals surface area contributed by atoms with Crippen molar-refractivity contribution in [2.75, 3.05) is 6.26 Å². The maximum atomic E-state index is 12.9. The van der Waals surface area contributed by atoms with Gasteiger partial charge in [-0.3, -0.25) is 14.8 Å². The number of nitrogens with one attached hydrogen (secondary N) is 1. The van der Waals surface area contributed by atoms with Gasteiger partial charge in [0, 0.05) is 24.6 Å². The second-order valence-electron chi connectivity index (χ2n) is 7.41.